The van der Waals surface area contributed by atoms with Gasteiger partial charge in [0.2, 0.25) is 5.88 Å². The number of aromatic nitrogens is 1. The van der Waals surface area contributed by atoms with Gasteiger partial charge >= 0.3 is 0 Å². The van der Waals surface area contributed by atoms with Crippen LogP contribution in [0.15, 0.2) is 84.9 Å². The molecule has 5 heteroatoms. The smallest absolute Gasteiger partial charge is 0.217 e. The summed E-state index contributed by atoms with van der Waals surface area (Å²) in [7, 11) is 1.65. The van der Waals surface area contributed by atoms with E-state index in [0.717, 1.165) is 40.6 Å². The van der Waals surface area contributed by atoms with Gasteiger partial charge in [-0.3, -0.25) is 0 Å². The topological polar surface area (TPSA) is 80.4 Å². The number of nitrogens with one attached hydrogen (secondary N) is 1. The van der Waals surface area contributed by atoms with Gasteiger partial charge in [0.15, 0.2) is 0 Å². The summed E-state index contributed by atoms with van der Waals surface area (Å²) in [6.07, 6.45) is 2.14. The van der Waals surface area contributed by atoms with Crippen molar-refractivity contribution in [3.05, 3.63) is 107 Å². The Balaban J connectivity index is 1.59. The van der Waals surface area contributed by atoms with Crippen LogP contribution in [0.5, 0.6) is 5.88 Å². The molecule has 4 aromatic rings. The van der Waals surface area contributed by atoms with Gasteiger partial charge in [0.05, 0.1) is 18.2 Å². The molecule has 1 aliphatic rings. The summed E-state index contributed by atoms with van der Waals surface area (Å²) < 4.78 is 5.81. The first-order valence-electron chi connectivity index (χ1n) is 12.3. The van der Waals surface area contributed by atoms with Crippen LogP contribution in [0.4, 0.5) is 0 Å². The van der Waals surface area contributed by atoms with Gasteiger partial charge in [0.25, 0.3) is 0 Å². The molecule has 3 aromatic carbocycles. The number of piperidine rings is 1. The molecule has 1 saturated heterocycles. The minimum atomic E-state index is -0.958. The number of methoxy groups -OCH3 is 1. The lowest BCUT2D eigenvalue weighted by Crippen LogP contribution is -2.52. The van der Waals surface area contributed by atoms with Crippen LogP contribution in [0.1, 0.15) is 41.0 Å². The van der Waals surface area contributed by atoms with E-state index in [-0.39, 0.29) is 12.0 Å². The molecule has 0 amide bonds. The molecule has 4 N–H and O–H groups in total. The van der Waals surface area contributed by atoms with Gasteiger partial charge in [-0.25, -0.2) is 4.98 Å². The standard InChI is InChI=1S/C30H33N3O2/c1-35-29-26(18-24-16-22(20-31)12-13-27(24)33-29)28(23-10-6-3-7-11-23)30(34)14-15-32-25(19-30)17-21-8-4-2-5-9-21/h2-13,16,18,25,28,32,34H,14-15,17,19-20,31H2,1H3/t25?,28-,30?/m1/s1. The predicted octanol–water partition coefficient (Wildman–Crippen LogP) is 4.56. The average molecular weight is 468 g/mol. The fraction of sp³-hybridized carbons (Fsp3) is 0.300. The molecule has 2 unspecified atom stereocenters. The molecule has 1 fully saturated rings. The maximum Gasteiger partial charge on any atom is 0.217 e. The molecule has 5 nitrogen and oxygen atoms in total. The van der Waals surface area contributed by atoms with E-state index in [1.54, 1.807) is 7.11 Å². The third-order valence-corrected chi connectivity index (χ3v) is 7.20. The van der Waals surface area contributed by atoms with Crippen LogP contribution in [0.2, 0.25) is 0 Å². The molecule has 5 rings (SSSR count). The van der Waals surface area contributed by atoms with Crippen LogP contribution in [0.25, 0.3) is 10.9 Å². The number of fused-ring (bicyclic) bond motifs is 1. The molecule has 3 atom stereocenters. The van der Waals surface area contributed by atoms with Crippen molar-refractivity contribution < 1.29 is 9.84 Å². The average Bonchev–Trinajstić information content (AvgIpc) is 2.89. The highest BCUT2D eigenvalue weighted by Gasteiger charge is 2.44. The number of rotatable bonds is 7. The van der Waals surface area contributed by atoms with E-state index in [1.165, 1.54) is 5.56 Å². The van der Waals surface area contributed by atoms with Crippen molar-refractivity contribution >= 4 is 10.9 Å². The first kappa shape index (κ1) is 23.5. The molecule has 0 radical (unpaired) electrons. The zero-order chi connectivity index (χ0) is 24.3. The highest BCUT2D eigenvalue weighted by Crippen LogP contribution is 2.45. The Morgan fingerprint density at radius 1 is 1.03 bits per heavy atom. The Morgan fingerprint density at radius 2 is 1.77 bits per heavy atom. The monoisotopic (exact) mass is 467 g/mol. The summed E-state index contributed by atoms with van der Waals surface area (Å²) in [6, 6.07) is 29.1. The maximum absolute atomic E-state index is 12.3. The Kier molecular flexibility index (Phi) is 6.82. The second-order valence-corrected chi connectivity index (χ2v) is 9.56. The molecular formula is C30H33N3O2. The number of hydrogen-bond acceptors (Lipinski definition) is 5. The van der Waals surface area contributed by atoms with Gasteiger partial charge in [-0.15, -0.1) is 0 Å². The zero-order valence-corrected chi connectivity index (χ0v) is 20.2. The van der Waals surface area contributed by atoms with Crippen molar-refractivity contribution in [1.29, 1.82) is 0 Å². The largest absolute Gasteiger partial charge is 0.481 e. The zero-order valence-electron chi connectivity index (χ0n) is 20.2. The SMILES string of the molecule is COc1nc2ccc(CN)cc2cc1[C@@H](c1ccccc1)C1(O)CCNC(Cc2ccccc2)C1. The highest BCUT2D eigenvalue weighted by molar-refractivity contribution is 5.81. The van der Waals surface area contributed by atoms with Crippen molar-refractivity contribution in [2.24, 2.45) is 5.73 Å². The summed E-state index contributed by atoms with van der Waals surface area (Å²) in [5.41, 5.74) is 10.1. The van der Waals surface area contributed by atoms with Gasteiger partial charge < -0.3 is 20.9 Å². The molecule has 0 spiro atoms. The second-order valence-electron chi connectivity index (χ2n) is 9.56. The first-order valence-corrected chi connectivity index (χ1v) is 12.3. The fourth-order valence-corrected chi connectivity index (χ4v) is 5.55. The van der Waals surface area contributed by atoms with Crippen LogP contribution < -0.4 is 15.8 Å². The molecule has 35 heavy (non-hydrogen) atoms. The summed E-state index contributed by atoms with van der Waals surface area (Å²) in [6.45, 7) is 1.22. The summed E-state index contributed by atoms with van der Waals surface area (Å²) in [5, 5.41) is 17.0. The summed E-state index contributed by atoms with van der Waals surface area (Å²) in [4.78, 5) is 4.84. The Labute approximate surface area is 207 Å². The molecule has 0 bridgehead atoms. The Bertz CT molecular complexity index is 1280. The predicted molar refractivity (Wildman–Crippen MR) is 141 cm³/mol. The van der Waals surface area contributed by atoms with E-state index in [0.29, 0.717) is 25.3 Å². The lowest BCUT2D eigenvalue weighted by Gasteiger charge is -2.43. The number of nitrogens with zero attached hydrogens (tertiary/aromatic N) is 1. The first-order chi connectivity index (χ1) is 17.1. The van der Waals surface area contributed by atoms with Crippen LogP contribution in [0, 0.1) is 0 Å². The normalized spacial score (nSPS) is 21.1. The molecule has 0 saturated carbocycles. The molecule has 2 heterocycles. The van der Waals surface area contributed by atoms with E-state index in [2.05, 4.69) is 53.8 Å². The van der Waals surface area contributed by atoms with Crippen LogP contribution in [0.3, 0.4) is 0 Å². The van der Waals surface area contributed by atoms with Crippen LogP contribution in [-0.4, -0.2) is 35.4 Å². The van der Waals surface area contributed by atoms with Gasteiger partial charge in [0, 0.05) is 29.5 Å². The van der Waals surface area contributed by atoms with Gasteiger partial charge in [0.1, 0.15) is 0 Å². The Morgan fingerprint density at radius 3 is 2.49 bits per heavy atom. The molecule has 0 aliphatic carbocycles. The van der Waals surface area contributed by atoms with Gasteiger partial charge in [-0.05, 0) is 60.7 Å². The molecule has 1 aliphatic heterocycles. The number of ether oxygens (including phenoxy) is 1. The molecule has 180 valence electrons. The highest BCUT2D eigenvalue weighted by atomic mass is 16.5. The molecular weight excluding hydrogens is 434 g/mol. The van der Waals surface area contributed by atoms with Gasteiger partial charge in [-0.2, -0.15) is 0 Å². The Hall–Kier alpha value is -3.25. The number of hydrogen-bond donors (Lipinski definition) is 3. The van der Waals surface area contributed by atoms with Crippen molar-refractivity contribution in [3.8, 4) is 5.88 Å². The van der Waals surface area contributed by atoms with E-state index < -0.39 is 5.60 Å². The second kappa shape index (κ2) is 10.2. The van der Waals surface area contributed by atoms with E-state index in [1.807, 2.05) is 36.4 Å². The number of pyridine rings is 1. The number of aliphatic hydroxyl groups is 1. The third kappa shape index (κ3) is 4.94. The van der Waals surface area contributed by atoms with Crippen LogP contribution >= 0.6 is 0 Å². The van der Waals surface area contributed by atoms with E-state index in [9.17, 15) is 5.11 Å². The third-order valence-electron chi connectivity index (χ3n) is 7.20. The molecule has 1 aromatic heterocycles. The van der Waals surface area contributed by atoms with Gasteiger partial charge in [-0.1, -0.05) is 66.7 Å². The minimum Gasteiger partial charge on any atom is -0.481 e. The van der Waals surface area contributed by atoms with Crippen molar-refractivity contribution in [3.63, 3.8) is 0 Å². The van der Waals surface area contributed by atoms with Crippen molar-refractivity contribution in [2.75, 3.05) is 13.7 Å². The fourth-order valence-electron chi connectivity index (χ4n) is 5.55. The maximum atomic E-state index is 12.3. The summed E-state index contributed by atoms with van der Waals surface area (Å²) in [5.74, 6) is 0.274. The van der Waals surface area contributed by atoms with Crippen molar-refractivity contribution in [1.82, 2.24) is 10.3 Å². The lowest BCUT2D eigenvalue weighted by atomic mass is 9.70. The minimum absolute atomic E-state index is 0.172. The van der Waals surface area contributed by atoms with E-state index in [4.69, 9.17) is 15.5 Å². The number of nitrogens with two attached hydrogens (primary N) is 1. The quantitative estimate of drug-likeness (QED) is 0.371. The van der Waals surface area contributed by atoms with E-state index >= 15 is 0 Å². The van der Waals surface area contributed by atoms with Crippen LogP contribution in [-0.2, 0) is 13.0 Å². The summed E-state index contributed by atoms with van der Waals surface area (Å²) >= 11 is 0. The lowest BCUT2D eigenvalue weighted by molar-refractivity contribution is -0.0191. The number of benzene rings is 3. The van der Waals surface area contributed by atoms with Crippen molar-refractivity contribution in [2.45, 2.75) is 43.4 Å².